The van der Waals surface area contributed by atoms with E-state index in [-0.39, 0.29) is 29.9 Å². The molecule has 4 N–H and O–H groups in total. The van der Waals surface area contributed by atoms with Crippen LogP contribution in [0.4, 0.5) is 20.6 Å². The fourth-order valence-corrected chi connectivity index (χ4v) is 3.29. The number of carbonyl (C=O) groups excluding carboxylic acids is 3. The van der Waals surface area contributed by atoms with Gasteiger partial charge in [0.05, 0.1) is 24.8 Å². The van der Waals surface area contributed by atoms with E-state index in [1.54, 1.807) is 17.0 Å². The highest BCUT2D eigenvalue weighted by molar-refractivity contribution is 5.99. The summed E-state index contributed by atoms with van der Waals surface area (Å²) < 4.78 is 19.9. The van der Waals surface area contributed by atoms with Crippen molar-refractivity contribution in [2.24, 2.45) is 5.73 Å². The van der Waals surface area contributed by atoms with Gasteiger partial charge in [0.1, 0.15) is 17.7 Å². The van der Waals surface area contributed by atoms with Crippen LogP contribution in [0.5, 0.6) is 5.75 Å². The highest BCUT2D eigenvalue weighted by Crippen LogP contribution is 2.24. The van der Waals surface area contributed by atoms with Crippen LogP contribution < -0.4 is 21.1 Å². The van der Waals surface area contributed by atoms with E-state index in [2.05, 4.69) is 15.6 Å². The van der Waals surface area contributed by atoms with Crippen LogP contribution in [0, 0.1) is 5.82 Å². The number of ether oxygens (including phenoxy) is 1. The van der Waals surface area contributed by atoms with E-state index < -0.39 is 17.8 Å². The molecule has 3 rings (SSSR count). The van der Waals surface area contributed by atoms with Gasteiger partial charge in [0.15, 0.2) is 0 Å². The lowest BCUT2D eigenvalue weighted by molar-refractivity contribution is -0.131. The summed E-state index contributed by atoms with van der Waals surface area (Å²) in [4.78, 5) is 40.5. The molecule has 1 aliphatic rings. The molecular weight excluding hydrogens is 405 g/mol. The van der Waals surface area contributed by atoms with Crippen molar-refractivity contribution in [3.8, 4) is 5.75 Å². The first-order valence-corrected chi connectivity index (χ1v) is 9.82. The van der Waals surface area contributed by atoms with Crippen LogP contribution in [0.1, 0.15) is 25.5 Å². The Kier molecular flexibility index (Phi) is 7.01. The number of nitrogens with zero attached hydrogens (tertiary/aromatic N) is 2. The molecule has 0 aliphatic carbocycles. The Morgan fingerprint density at radius 3 is 2.68 bits per heavy atom. The van der Waals surface area contributed by atoms with Gasteiger partial charge in [-0.25, -0.2) is 9.18 Å². The number of aromatic nitrogens is 1. The smallest absolute Gasteiger partial charge is 0.323 e. The molecule has 2 aromatic rings. The second-order valence-corrected chi connectivity index (χ2v) is 7.28. The lowest BCUT2D eigenvalue weighted by Gasteiger charge is -2.32. The van der Waals surface area contributed by atoms with Gasteiger partial charge in [-0.15, -0.1) is 0 Å². The van der Waals surface area contributed by atoms with Crippen LogP contribution in [-0.2, 0) is 16.0 Å². The van der Waals surface area contributed by atoms with E-state index in [4.69, 9.17) is 10.5 Å². The SMILES string of the molecule is CC(=O)N1CCCC(Oc2cc(F)cc(NC(=O)Nc3ccc(CC(N)=O)nc3)c2)C1. The molecule has 0 spiro atoms. The molecule has 1 unspecified atom stereocenters. The highest BCUT2D eigenvalue weighted by atomic mass is 19.1. The van der Waals surface area contributed by atoms with Crippen molar-refractivity contribution in [1.29, 1.82) is 0 Å². The molecular formula is C21H24FN5O4. The number of benzene rings is 1. The number of halogens is 1. The third kappa shape index (κ3) is 6.66. The van der Waals surface area contributed by atoms with Gasteiger partial charge in [0, 0.05) is 37.0 Å². The van der Waals surface area contributed by atoms with Gasteiger partial charge in [0.2, 0.25) is 11.8 Å². The summed E-state index contributed by atoms with van der Waals surface area (Å²) in [6, 6.07) is 6.48. The molecule has 4 amide bonds. The number of rotatable bonds is 6. The average molecular weight is 429 g/mol. The van der Waals surface area contributed by atoms with Crippen molar-refractivity contribution in [3.05, 3.63) is 48.0 Å². The third-order valence-corrected chi connectivity index (χ3v) is 4.69. The molecule has 0 bridgehead atoms. The molecule has 1 saturated heterocycles. The molecule has 0 saturated carbocycles. The summed E-state index contributed by atoms with van der Waals surface area (Å²) in [7, 11) is 0. The lowest BCUT2D eigenvalue weighted by Crippen LogP contribution is -2.43. The monoisotopic (exact) mass is 429 g/mol. The van der Waals surface area contributed by atoms with E-state index >= 15 is 0 Å². The second-order valence-electron chi connectivity index (χ2n) is 7.28. The minimum atomic E-state index is -0.596. The van der Waals surface area contributed by atoms with E-state index in [0.717, 1.165) is 12.8 Å². The van der Waals surface area contributed by atoms with Gasteiger partial charge >= 0.3 is 6.03 Å². The van der Waals surface area contributed by atoms with E-state index in [1.807, 2.05) is 0 Å². The van der Waals surface area contributed by atoms with Gasteiger partial charge in [-0.3, -0.25) is 14.6 Å². The summed E-state index contributed by atoms with van der Waals surface area (Å²) in [5.41, 5.74) is 6.21. The van der Waals surface area contributed by atoms with Crippen LogP contribution in [0.25, 0.3) is 0 Å². The number of pyridine rings is 1. The fraction of sp³-hybridized carbons (Fsp3) is 0.333. The number of amides is 4. The molecule has 1 aromatic carbocycles. The zero-order valence-electron chi connectivity index (χ0n) is 17.1. The van der Waals surface area contributed by atoms with E-state index in [1.165, 1.54) is 31.3 Å². The minimum absolute atomic E-state index is 0.00369. The average Bonchev–Trinajstić information content (AvgIpc) is 2.68. The van der Waals surface area contributed by atoms with Crippen LogP contribution in [0.3, 0.4) is 0 Å². The summed E-state index contributed by atoms with van der Waals surface area (Å²) in [6.07, 6.45) is 2.71. The summed E-state index contributed by atoms with van der Waals surface area (Å²) >= 11 is 0. The summed E-state index contributed by atoms with van der Waals surface area (Å²) in [5.74, 6) is -0.825. The number of nitrogens with two attached hydrogens (primary N) is 1. The van der Waals surface area contributed by atoms with Crippen LogP contribution >= 0.6 is 0 Å². The summed E-state index contributed by atoms with van der Waals surface area (Å²) in [5, 5.41) is 5.12. The number of hydrogen-bond acceptors (Lipinski definition) is 5. The summed E-state index contributed by atoms with van der Waals surface area (Å²) in [6.45, 7) is 2.63. The maximum atomic E-state index is 14.0. The van der Waals surface area contributed by atoms with E-state index in [9.17, 15) is 18.8 Å². The molecule has 1 fully saturated rings. The Hall–Kier alpha value is -3.69. The molecule has 2 heterocycles. The Bertz CT molecular complexity index is 967. The first-order chi connectivity index (χ1) is 14.8. The van der Waals surface area contributed by atoms with Crippen molar-refractivity contribution in [2.45, 2.75) is 32.3 Å². The quantitative estimate of drug-likeness (QED) is 0.649. The predicted octanol–water partition coefficient (Wildman–Crippen LogP) is 2.28. The number of hydrogen-bond donors (Lipinski definition) is 3. The molecule has 1 aliphatic heterocycles. The zero-order chi connectivity index (χ0) is 22.4. The van der Waals surface area contributed by atoms with Crippen molar-refractivity contribution >= 4 is 29.2 Å². The first-order valence-electron chi connectivity index (χ1n) is 9.82. The number of piperidine rings is 1. The molecule has 1 aromatic heterocycles. The zero-order valence-corrected chi connectivity index (χ0v) is 17.1. The Labute approximate surface area is 178 Å². The fourth-order valence-electron chi connectivity index (χ4n) is 3.29. The molecule has 164 valence electrons. The number of urea groups is 1. The van der Waals surface area contributed by atoms with Gasteiger partial charge in [-0.1, -0.05) is 0 Å². The topological polar surface area (TPSA) is 127 Å². The Morgan fingerprint density at radius 1 is 1.23 bits per heavy atom. The van der Waals surface area contributed by atoms with Crippen LogP contribution in [0.2, 0.25) is 0 Å². The number of anilines is 2. The van der Waals surface area contributed by atoms with Crippen LogP contribution in [-0.4, -0.2) is 46.9 Å². The van der Waals surface area contributed by atoms with E-state index in [0.29, 0.717) is 24.5 Å². The van der Waals surface area contributed by atoms with Crippen molar-refractivity contribution in [1.82, 2.24) is 9.88 Å². The molecule has 0 radical (unpaired) electrons. The number of likely N-dealkylation sites (tertiary alicyclic amines) is 1. The molecule has 9 nitrogen and oxygen atoms in total. The number of nitrogens with one attached hydrogen (secondary N) is 2. The molecule has 31 heavy (non-hydrogen) atoms. The first kappa shape index (κ1) is 22.0. The highest BCUT2D eigenvalue weighted by Gasteiger charge is 2.23. The predicted molar refractivity (Wildman–Crippen MR) is 112 cm³/mol. The van der Waals surface area contributed by atoms with Gasteiger partial charge in [-0.05, 0) is 31.0 Å². The van der Waals surface area contributed by atoms with Crippen molar-refractivity contribution < 1.29 is 23.5 Å². The third-order valence-electron chi connectivity index (χ3n) is 4.69. The minimum Gasteiger partial charge on any atom is -0.488 e. The Balaban J connectivity index is 1.60. The standard InChI is InChI=1S/C21H24FN5O4/c1-13(28)27-6-2-3-18(12-27)31-19-8-14(22)7-17(9-19)26-21(30)25-16-5-4-15(24-11-16)10-20(23)29/h4-5,7-9,11,18H,2-3,6,10,12H2,1H3,(H2,23,29)(H2,25,26,30). The molecule has 10 heteroatoms. The largest absolute Gasteiger partial charge is 0.488 e. The maximum absolute atomic E-state index is 14.0. The maximum Gasteiger partial charge on any atom is 0.323 e. The second kappa shape index (κ2) is 9.88. The number of primary amides is 1. The van der Waals surface area contributed by atoms with Crippen molar-refractivity contribution in [3.63, 3.8) is 0 Å². The van der Waals surface area contributed by atoms with Gasteiger partial charge < -0.3 is 26.0 Å². The number of carbonyl (C=O) groups is 3. The van der Waals surface area contributed by atoms with Crippen molar-refractivity contribution in [2.75, 3.05) is 23.7 Å². The lowest BCUT2D eigenvalue weighted by atomic mass is 10.1. The van der Waals surface area contributed by atoms with Gasteiger partial charge in [0.25, 0.3) is 0 Å². The van der Waals surface area contributed by atoms with Crippen LogP contribution in [0.15, 0.2) is 36.5 Å². The van der Waals surface area contributed by atoms with Gasteiger partial charge in [-0.2, -0.15) is 0 Å². The normalized spacial score (nSPS) is 15.8. The molecule has 1 atom stereocenters. The Morgan fingerprint density at radius 2 is 2.00 bits per heavy atom.